The Labute approximate surface area is 181 Å². The molecule has 0 unspecified atom stereocenters. The molecule has 30 heavy (non-hydrogen) atoms. The molecule has 3 N–H and O–H groups in total. The summed E-state index contributed by atoms with van der Waals surface area (Å²) in [5.74, 6) is -0.623. The number of rotatable bonds is 7. The molecule has 0 heterocycles. The van der Waals surface area contributed by atoms with E-state index in [0.29, 0.717) is 22.8 Å². The molecule has 0 spiro atoms. The molecule has 0 aliphatic rings. The fourth-order valence-corrected chi connectivity index (χ4v) is 2.61. The number of hydrogen-bond donors (Lipinski definition) is 3. The summed E-state index contributed by atoms with van der Waals surface area (Å²) < 4.78 is 5.09. The van der Waals surface area contributed by atoms with Gasteiger partial charge in [-0.2, -0.15) is 0 Å². The normalized spacial score (nSPS) is 10.8. The van der Waals surface area contributed by atoms with E-state index in [1.54, 1.807) is 57.2 Å². The van der Waals surface area contributed by atoms with E-state index in [0.717, 1.165) is 5.56 Å². The van der Waals surface area contributed by atoms with Gasteiger partial charge in [-0.05, 0) is 57.0 Å². The van der Waals surface area contributed by atoms with Crippen LogP contribution in [-0.4, -0.2) is 30.1 Å². The Morgan fingerprint density at radius 1 is 0.900 bits per heavy atom. The smallest absolute Gasteiger partial charge is 0.408 e. The third kappa shape index (κ3) is 8.53. The van der Waals surface area contributed by atoms with Crippen molar-refractivity contribution in [3.8, 4) is 0 Å². The van der Waals surface area contributed by atoms with Gasteiger partial charge in [0.2, 0.25) is 11.8 Å². The van der Waals surface area contributed by atoms with Crippen LogP contribution in [0.2, 0.25) is 5.02 Å². The molecule has 0 saturated carbocycles. The topological polar surface area (TPSA) is 96.5 Å². The number of nitrogens with one attached hydrogen (secondary N) is 3. The molecule has 3 amide bonds. The highest BCUT2D eigenvalue weighted by molar-refractivity contribution is 6.30. The predicted molar refractivity (Wildman–Crippen MR) is 118 cm³/mol. The average molecular weight is 432 g/mol. The highest BCUT2D eigenvalue weighted by Gasteiger charge is 2.17. The van der Waals surface area contributed by atoms with Gasteiger partial charge in [-0.15, -0.1) is 0 Å². The van der Waals surface area contributed by atoms with Gasteiger partial charge in [-0.3, -0.25) is 9.59 Å². The second-order valence-corrected chi connectivity index (χ2v) is 8.06. The molecule has 160 valence electrons. The van der Waals surface area contributed by atoms with Gasteiger partial charge in [0.05, 0.1) is 11.4 Å². The van der Waals surface area contributed by atoms with Gasteiger partial charge in [-0.25, -0.2) is 4.79 Å². The Morgan fingerprint density at radius 2 is 1.47 bits per heavy atom. The van der Waals surface area contributed by atoms with Crippen LogP contribution >= 0.6 is 11.6 Å². The van der Waals surface area contributed by atoms with Crippen molar-refractivity contribution in [1.82, 2.24) is 5.32 Å². The van der Waals surface area contributed by atoms with Crippen molar-refractivity contribution in [1.29, 1.82) is 0 Å². The number of alkyl carbamates (subject to hydrolysis) is 1. The highest BCUT2D eigenvalue weighted by Crippen LogP contribution is 2.21. The SMILES string of the molecule is CC(C)(C)OC(=O)NCC(=O)Nc1ccccc1NC(=O)CCc1ccc(Cl)cc1. The van der Waals surface area contributed by atoms with Crippen molar-refractivity contribution in [3.63, 3.8) is 0 Å². The Bertz CT molecular complexity index is 892. The van der Waals surface area contributed by atoms with E-state index in [9.17, 15) is 14.4 Å². The summed E-state index contributed by atoms with van der Waals surface area (Å²) in [6, 6.07) is 14.2. The molecule has 0 bridgehead atoms. The molecule has 0 aromatic heterocycles. The summed E-state index contributed by atoms with van der Waals surface area (Å²) in [6.07, 6.45) is 0.169. The van der Waals surface area contributed by atoms with Crippen molar-refractivity contribution in [2.45, 2.75) is 39.2 Å². The van der Waals surface area contributed by atoms with E-state index in [1.165, 1.54) is 0 Å². The second kappa shape index (κ2) is 10.6. The van der Waals surface area contributed by atoms with Gasteiger partial charge in [0.25, 0.3) is 0 Å². The summed E-state index contributed by atoms with van der Waals surface area (Å²) in [7, 11) is 0. The first kappa shape index (κ1) is 23.2. The zero-order valence-electron chi connectivity index (χ0n) is 17.3. The summed E-state index contributed by atoms with van der Waals surface area (Å²) in [6.45, 7) is 4.95. The summed E-state index contributed by atoms with van der Waals surface area (Å²) in [5, 5.41) is 8.52. The van der Waals surface area contributed by atoms with Crippen LogP contribution in [0.4, 0.5) is 16.2 Å². The quantitative estimate of drug-likeness (QED) is 0.606. The number of amides is 3. The molecule has 7 nitrogen and oxygen atoms in total. The lowest BCUT2D eigenvalue weighted by atomic mass is 10.1. The third-order valence-corrected chi connectivity index (χ3v) is 4.07. The molecule has 8 heteroatoms. The van der Waals surface area contributed by atoms with Crippen molar-refractivity contribution in [3.05, 3.63) is 59.1 Å². The van der Waals surface area contributed by atoms with Crippen LogP contribution in [0, 0.1) is 0 Å². The van der Waals surface area contributed by atoms with E-state index >= 15 is 0 Å². The Balaban J connectivity index is 1.87. The monoisotopic (exact) mass is 431 g/mol. The molecule has 0 aliphatic heterocycles. The maximum atomic E-state index is 12.3. The van der Waals surface area contributed by atoms with Crippen molar-refractivity contribution in [2.75, 3.05) is 17.2 Å². The van der Waals surface area contributed by atoms with Crippen LogP contribution in [0.15, 0.2) is 48.5 Å². The van der Waals surface area contributed by atoms with E-state index < -0.39 is 17.6 Å². The van der Waals surface area contributed by atoms with E-state index in [2.05, 4.69) is 16.0 Å². The number of carbonyl (C=O) groups is 3. The maximum absolute atomic E-state index is 12.3. The van der Waals surface area contributed by atoms with Gasteiger partial charge in [0, 0.05) is 11.4 Å². The van der Waals surface area contributed by atoms with Crippen molar-refractivity contribution >= 4 is 40.9 Å². The van der Waals surface area contributed by atoms with Gasteiger partial charge in [0.15, 0.2) is 0 Å². The van der Waals surface area contributed by atoms with Crippen molar-refractivity contribution < 1.29 is 19.1 Å². The third-order valence-electron chi connectivity index (χ3n) is 3.82. The largest absolute Gasteiger partial charge is 0.444 e. The molecule has 0 atom stereocenters. The summed E-state index contributed by atoms with van der Waals surface area (Å²) in [5.41, 5.74) is 1.27. The van der Waals surface area contributed by atoms with Crippen LogP contribution in [0.1, 0.15) is 32.8 Å². The lowest BCUT2D eigenvalue weighted by Crippen LogP contribution is -2.37. The fraction of sp³-hybridized carbons (Fsp3) is 0.318. The minimum absolute atomic E-state index is 0.182. The molecule has 2 aromatic rings. The van der Waals surface area contributed by atoms with Gasteiger partial charge in [-0.1, -0.05) is 35.9 Å². The number of para-hydroxylation sites is 2. The van der Waals surface area contributed by atoms with E-state index in [1.807, 2.05) is 12.1 Å². The number of ether oxygens (including phenoxy) is 1. The first-order valence-corrected chi connectivity index (χ1v) is 9.90. The van der Waals surface area contributed by atoms with Gasteiger partial charge < -0.3 is 20.7 Å². The van der Waals surface area contributed by atoms with Crippen LogP contribution in [0.5, 0.6) is 0 Å². The molecule has 0 saturated heterocycles. The van der Waals surface area contributed by atoms with Crippen LogP contribution in [0.3, 0.4) is 0 Å². The summed E-state index contributed by atoms with van der Waals surface area (Å²) in [4.78, 5) is 36.1. The van der Waals surface area contributed by atoms with E-state index in [4.69, 9.17) is 16.3 Å². The Kier molecular flexibility index (Phi) is 8.24. The summed E-state index contributed by atoms with van der Waals surface area (Å²) >= 11 is 5.86. The standard InChI is InChI=1S/C22H26ClN3O4/c1-22(2,3)30-21(29)24-14-20(28)26-18-7-5-4-6-17(18)25-19(27)13-10-15-8-11-16(23)12-9-15/h4-9,11-12H,10,13-14H2,1-3H3,(H,24,29)(H,25,27)(H,26,28). The molecule has 0 fully saturated rings. The lowest BCUT2D eigenvalue weighted by Gasteiger charge is -2.19. The average Bonchev–Trinajstić information content (AvgIpc) is 2.66. The predicted octanol–water partition coefficient (Wildman–Crippen LogP) is 4.37. The minimum atomic E-state index is -0.679. The van der Waals surface area contributed by atoms with Crippen LogP contribution in [-0.2, 0) is 20.7 Å². The maximum Gasteiger partial charge on any atom is 0.408 e. The van der Waals surface area contributed by atoms with Crippen LogP contribution < -0.4 is 16.0 Å². The van der Waals surface area contributed by atoms with Crippen molar-refractivity contribution in [2.24, 2.45) is 0 Å². The molecular weight excluding hydrogens is 406 g/mol. The second-order valence-electron chi connectivity index (χ2n) is 7.62. The van der Waals surface area contributed by atoms with Gasteiger partial charge in [0.1, 0.15) is 12.1 Å². The number of carbonyl (C=O) groups excluding carboxylic acids is 3. The fourth-order valence-electron chi connectivity index (χ4n) is 2.48. The molecule has 0 radical (unpaired) electrons. The highest BCUT2D eigenvalue weighted by atomic mass is 35.5. The Hall–Kier alpha value is -3.06. The molecule has 0 aliphatic carbocycles. The lowest BCUT2D eigenvalue weighted by molar-refractivity contribution is -0.116. The first-order chi connectivity index (χ1) is 14.1. The number of anilines is 2. The first-order valence-electron chi connectivity index (χ1n) is 9.52. The number of halogens is 1. The zero-order valence-corrected chi connectivity index (χ0v) is 18.0. The number of aryl methyl sites for hydroxylation is 1. The number of benzene rings is 2. The number of hydrogen-bond acceptors (Lipinski definition) is 4. The van der Waals surface area contributed by atoms with E-state index in [-0.39, 0.29) is 18.9 Å². The molecule has 2 aromatic carbocycles. The Morgan fingerprint density at radius 3 is 2.03 bits per heavy atom. The van der Waals surface area contributed by atoms with Gasteiger partial charge >= 0.3 is 6.09 Å². The zero-order chi connectivity index (χ0) is 22.1. The minimum Gasteiger partial charge on any atom is -0.444 e. The molecule has 2 rings (SSSR count). The van der Waals surface area contributed by atoms with Crippen LogP contribution in [0.25, 0.3) is 0 Å². The molecular formula is C22H26ClN3O4.